The van der Waals surface area contributed by atoms with Gasteiger partial charge in [-0.15, -0.1) is 22.7 Å². The molecule has 7 heteroatoms. The molecule has 120 valence electrons. The summed E-state index contributed by atoms with van der Waals surface area (Å²) in [5.74, 6) is 0. The normalized spacial score (nSPS) is 11.6. The third-order valence-corrected chi connectivity index (χ3v) is 7.03. The Labute approximate surface area is 143 Å². The molecule has 0 amide bonds. The van der Waals surface area contributed by atoms with Crippen LogP contribution < -0.4 is 4.72 Å². The smallest absolute Gasteiger partial charge is 0.271 e. The van der Waals surface area contributed by atoms with Gasteiger partial charge in [-0.1, -0.05) is 19.1 Å². The summed E-state index contributed by atoms with van der Waals surface area (Å²) in [5.41, 5.74) is 3.46. The van der Waals surface area contributed by atoms with Gasteiger partial charge in [0.2, 0.25) is 0 Å². The lowest BCUT2D eigenvalue weighted by Crippen LogP contribution is -2.11. The average Bonchev–Trinajstić information content (AvgIpc) is 3.16. The van der Waals surface area contributed by atoms with E-state index in [-0.39, 0.29) is 0 Å². The molecule has 1 N–H and O–H groups in total. The first kappa shape index (κ1) is 16.2. The summed E-state index contributed by atoms with van der Waals surface area (Å²) >= 11 is 2.75. The monoisotopic (exact) mass is 364 g/mol. The van der Waals surface area contributed by atoms with Crippen molar-refractivity contribution in [1.82, 2.24) is 4.98 Å². The maximum Gasteiger partial charge on any atom is 0.271 e. The fourth-order valence-electron chi connectivity index (χ4n) is 2.09. The number of anilines is 1. The van der Waals surface area contributed by atoms with E-state index in [2.05, 4.69) is 9.71 Å². The third kappa shape index (κ3) is 3.63. The Bertz CT molecular complexity index is 926. The number of rotatable bonds is 5. The van der Waals surface area contributed by atoms with Gasteiger partial charge in [0.15, 0.2) is 0 Å². The number of aryl methyl sites for hydroxylation is 2. The summed E-state index contributed by atoms with van der Waals surface area (Å²) in [6, 6.07) is 8.98. The quantitative estimate of drug-likeness (QED) is 0.723. The van der Waals surface area contributed by atoms with Crippen LogP contribution in [0.1, 0.15) is 18.2 Å². The molecular weight excluding hydrogens is 348 g/mol. The van der Waals surface area contributed by atoms with E-state index < -0.39 is 10.0 Å². The van der Waals surface area contributed by atoms with Crippen molar-refractivity contribution in [2.45, 2.75) is 24.5 Å². The lowest BCUT2D eigenvalue weighted by Gasteiger charge is -2.06. The van der Waals surface area contributed by atoms with E-state index in [1.807, 2.05) is 36.7 Å². The minimum absolute atomic E-state index is 0.294. The van der Waals surface area contributed by atoms with Crippen LogP contribution in [0.15, 0.2) is 45.3 Å². The summed E-state index contributed by atoms with van der Waals surface area (Å²) < 4.78 is 27.9. The lowest BCUT2D eigenvalue weighted by atomic mass is 10.2. The zero-order valence-electron chi connectivity index (χ0n) is 12.7. The molecule has 0 atom stereocenters. The second kappa shape index (κ2) is 6.43. The molecule has 0 saturated carbocycles. The Balaban J connectivity index is 1.86. The predicted molar refractivity (Wildman–Crippen MR) is 96.8 cm³/mol. The van der Waals surface area contributed by atoms with Crippen molar-refractivity contribution >= 4 is 38.4 Å². The molecule has 0 spiro atoms. The van der Waals surface area contributed by atoms with Gasteiger partial charge in [0.25, 0.3) is 10.0 Å². The first-order valence-corrected chi connectivity index (χ1v) is 10.3. The molecule has 0 unspecified atom stereocenters. The summed E-state index contributed by atoms with van der Waals surface area (Å²) in [6.45, 7) is 3.98. The molecule has 3 rings (SSSR count). The SMILES string of the molecule is CCc1csc(-c2csc(S(=O)(=O)Nc3cccc(C)c3)c2)n1. The number of thiophene rings is 1. The number of sulfonamides is 1. The molecule has 0 aliphatic carbocycles. The molecule has 0 aliphatic heterocycles. The number of nitrogens with one attached hydrogen (secondary N) is 1. The molecule has 23 heavy (non-hydrogen) atoms. The average molecular weight is 365 g/mol. The summed E-state index contributed by atoms with van der Waals surface area (Å²) in [6.07, 6.45) is 0.876. The highest BCUT2D eigenvalue weighted by molar-refractivity contribution is 7.94. The van der Waals surface area contributed by atoms with Crippen molar-refractivity contribution in [3.8, 4) is 10.6 Å². The molecular formula is C16H16N2O2S3. The van der Waals surface area contributed by atoms with Crippen LogP contribution >= 0.6 is 22.7 Å². The van der Waals surface area contributed by atoms with Crippen LogP contribution in [0.2, 0.25) is 0 Å². The van der Waals surface area contributed by atoms with Crippen LogP contribution in [-0.2, 0) is 16.4 Å². The molecule has 2 aromatic heterocycles. The van der Waals surface area contributed by atoms with E-state index in [1.54, 1.807) is 18.2 Å². The van der Waals surface area contributed by atoms with E-state index in [4.69, 9.17) is 0 Å². The fraction of sp³-hybridized carbons (Fsp3) is 0.188. The third-order valence-electron chi connectivity index (χ3n) is 3.27. The maximum atomic E-state index is 12.5. The van der Waals surface area contributed by atoms with E-state index in [9.17, 15) is 8.42 Å². The van der Waals surface area contributed by atoms with Crippen LogP contribution in [0.4, 0.5) is 5.69 Å². The predicted octanol–water partition coefficient (Wildman–Crippen LogP) is 4.54. The second-order valence-corrected chi connectivity index (χ2v) is 8.81. The summed E-state index contributed by atoms with van der Waals surface area (Å²) in [7, 11) is -3.57. The van der Waals surface area contributed by atoms with E-state index in [0.29, 0.717) is 9.90 Å². The van der Waals surface area contributed by atoms with Gasteiger partial charge in [-0.05, 0) is 37.1 Å². The highest BCUT2D eigenvalue weighted by atomic mass is 32.2. The largest absolute Gasteiger partial charge is 0.279 e. The zero-order chi connectivity index (χ0) is 16.4. The van der Waals surface area contributed by atoms with Crippen LogP contribution in [-0.4, -0.2) is 13.4 Å². The van der Waals surface area contributed by atoms with E-state index in [1.165, 1.54) is 22.7 Å². The van der Waals surface area contributed by atoms with Crippen molar-refractivity contribution in [2.24, 2.45) is 0 Å². The topological polar surface area (TPSA) is 59.1 Å². The molecule has 3 aromatic rings. The van der Waals surface area contributed by atoms with Gasteiger partial charge in [-0.25, -0.2) is 13.4 Å². The first-order chi connectivity index (χ1) is 11.0. The second-order valence-electron chi connectivity index (χ2n) is 5.13. The molecule has 0 radical (unpaired) electrons. The first-order valence-electron chi connectivity index (χ1n) is 7.11. The minimum Gasteiger partial charge on any atom is -0.279 e. The Morgan fingerprint density at radius 2 is 2.00 bits per heavy atom. The Morgan fingerprint density at radius 1 is 1.17 bits per heavy atom. The van der Waals surface area contributed by atoms with Gasteiger partial charge in [0, 0.05) is 22.0 Å². The molecule has 4 nitrogen and oxygen atoms in total. The van der Waals surface area contributed by atoms with Crippen LogP contribution in [0.5, 0.6) is 0 Å². The fourth-order valence-corrected chi connectivity index (χ4v) is 5.26. The van der Waals surface area contributed by atoms with Gasteiger partial charge < -0.3 is 0 Å². The number of benzene rings is 1. The van der Waals surface area contributed by atoms with Gasteiger partial charge in [-0.3, -0.25) is 4.72 Å². The van der Waals surface area contributed by atoms with E-state index >= 15 is 0 Å². The molecule has 0 fully saturated rings. The van der Waals surface area contributed by atoms with Gasteiger partial charge in [0.05, 0.1) is 5.69 Å². The highest BCUT2D eigenvalue weighted by Crippen LogP contribution is 2.31. The number of hydrogen-bond acceptors (Lipinski definition) is 5. The summed E-state index contributed by atoms with van der Waals surface area (Å²) in [4.78, 5) is 4.50. The zero-order valence-corrected chi connectivity index (χ0v) is 15.2. The van der Waals surface area contributed by atoms with Crippen molar-refractivity contribution in [2.75, 3.05) is 4.72 Å². The molecule has 0 saturated heterocycles. The standard InChI is InChI=1S/C16H16N2O2S3/c1-3-13-10-22-16(17-13)12-8-15(21-9-12)23(19,20)18-14-6-4-5-11(2)7-14/h4-10,18H,3H2,1-2H3. The Kier molecular flexibility index (Phi) is 4.52. The van der Waals surface area contributed by atoms with Crippen LogP contribution in [0, 0.1) is 6.92 Å². The van der Waals surface area contributed by atoms with Gasteiger partial charge in [0.1, 0.15) is 9.22 Å². The number of hydrogen-bond donors (Lipinski definition) is 1. The highest BCUT2D eigenvalue weighted by Gasteiger charge is 2.18. The van der Waals surface area contributed by atoms with Crippen LogP contribution in [0.25, 0.3) is 10.6 Å². The number of aromatic nitrogens is 1. The molecule has 0 aliphatic rings. The lowest BCUT2D eigenvalue weighted by molar-refractivity contribution is 0.603. The van der Waals surface area contributed by atoms with Crippen molar-refractivity contribution in [3.05, 3.63) is 52.3 Å². The Hall–Kier alpha value is -1.70. The van der Waals surface area contributed by atoms with Crippen molar-refractivity contribution in [1.29, 1.82) is 0 Å². The number of nitrogens with zero attached hydrogens (tertiary/aromatic N) is 1. The minimum atomic E-state index is -3.57. The number of thiazole rings is 1. The van der Waals surface area contributed by atoms with Crippen molar-refractivity contribution in [3.63, 3.8) is 0 Å². The van der Waals surface area contributed by atoms with Crippen molar-refractivity contribution < 1.29 is 8.42 Å². The maximum absolute atomic E-state index is 12.5. The van der Waals surface area contributed by atoms with E-state index in [0.717, 1.165) is 28.2 Å². The van der Waals surface area contributed by atoms with Crippen LogP contribution in [0.3, 0.4) is 0 Å². The molecule has 1 aromatic carbocycles. The van der Waals surface area contributed by atoms with Gasteiger partial charge in [-0.2, -0.15) is 0 Å². The molecule has 0 bridgehead atoms. The molecule has 2 heterocycles. The Morgan fingerprint density at radius 3 is 2.70 bits per heavy atom. The van der Waals surface area contributed by atoms with Gasteiger partial charge >= 0.3 is 0 Å². The summed E-state index contributed by atoms with van der Waals surface area (Å²) in [5, 5.41) is 4.70.